The molecule has 1 aromatic heterocycles. The summed E-state index contributed by atoms with van der Waals surface area (Å²) in [5.74, 6) is 1.42. The number of benzene rings is 2. The van der Waals surface area contributed by atoms with E-state index in [0.29, 0.717) is 5.13 Å². The van der Waals surface area contributed by atoms with E-state index in [9.17, 15) is 4.79 Å². The van der Waals surface area contributed by atoms with E-state index in [-0.39, 0.29) is 5.91 Å². The molecule has 6 heteroatoms. The van der Waals surface area contributed by atoms with Gasteiger partial charge in [-0.1, -0.05) is 25.5 Å². The first-order chi connectivity index (χ1) is 14.2. The largest absolute Gasteiger partial charge is 0.497 e. The molecule has 0 saturated heterocycles. The molecule has 0 atom stereocenters. The normalized spacial score (nSPS) is 10.8. The van der Waals surface area contributed by atoms with Crippen LogP contribution in [0.15, 0.2) is 60.0 Å². The number of ether oxygens (including phenoxy) is 2. The van der Waals surface area contributed by atoms with Crippen LogP contribution in [-0.2, 0) is 4.79 Å². The summed E-state index contributed by atoms with van der Waals surface area (Å²) in [5, 5.41) is 5.29. The number of hydrogen-bond donors (Lipinski definition) is 1. The Morgan fingerprint density at radius 1 is 1.10 bits per heavy atom. The maximum absolute atomic E-state index is 12.2. The summed E-state index contributed by atoms with van der Waals surface area (Å²) in [6.07, 6.45) is 5.40. The molecule has 0 bridgehead atoms. The van der Waals surface area contributed by atoms with Crippen molar-refractivity contribution in [1.29, 1.82) is 0 Å². The molecule has 0 aliphatic carbocycles. The predicted molar refractivity (Wildman–Crippen MR) is 119 cm³/mol. The molecule has 29 heavy (non-hydrogen) atoms. The van der Waals surface area contributed by atoms with Gasteiger partial charge in [-0.05, 0) is 54.5 Å². The van der Waals surface area contributed by atoms with Crippen LogP contribution in [-0.4, -0.2) is 24.6 Å². The highest BCUT2D eigenvalue weighted by atomic mass is 32.1. The van der Waals surface area contributed by atoms with Crippen molar-refractivity contribution in [3.8, 4) is 22.8 Å². The topological polar surface area (TPSA) is 60.5 Å². The lowest BCUT2D eigenvalue weighted by Gasteiger charge is -2.05. The summed E-state index contributed by atoms with van der Waals surface area (Å²) in [7, 11) is 1.62. The maximum atomic E-state index is 12.2. The zero-order valence-electron chi connectivity index (χ0n) is 16.6. The summed E-state index contributed by atoms with van der Waals surface area (Å²) >= 11 is 1.40. The number of hydrogen-bond acceptors (Lipinski definition) is 5. The van der Waals surface area contributed by atoms with Crippen LogP contribution in [0.2, 0.25) is 0 Å². The van der Waals surface area contributed by atoms with Crippen molar-refractivity contribution in [3.05, 3.63) is 65.6 Å². The van der Waals surface area contributed by atoms with E-state index in [0.717, 1.165) is 47.8 Å². The molecule has 0 saturated carbocycles. The Bertz CT molecular complexity index is 947. The third kappa shape index (κ3) is 6.19. The van der Waals surface area contributed by atoms with Gasteiger partial charge in [-0.3, -0.25) is 10.1 Å². The first-order valence-corrected chi connectivity index (χ1v) is 10.4. The van der Waals surface area contributed by atoms with Gasteiger partial charge in [0.2, 0.25) is 5.91 Å². The fourth-order valence-electron chi connectivity index (χ4n) is 2.55. The van der Waals surface area contributed by atoms with Crippen LogP contribution in [0.1, 0.15) is 25.3 Å². The van der Waals surface area contributed by atoms with E-state index in [1.165, 1.54) is 17.4 Å². The minimum absolute atomic E-state index is 0.221. The van der Waals surface area contributed by atoms with Crippen molar-refractivity contribution < 1.29 is 14.3 Å². The van der Waals surface area contributed by atoms with E-state index in [1.807, 2.05) is 53.9 Å². The van der Waals surface area contributed by atoms with Crippen molar-refractivity contribution in [1.82, 2.24) is 4.98 Å². The molecule has 3 aromatic rings. The molecule has 0 unspecified atom stereocenters. The van der Waals surface area contributed by atoms with Crippen molar-refractivity contribution in [3.63, 3.8) is 0 Å². The number of anilines is 1. The summed E-state index contributed by atoms with van der Waals surface area (Å²) in [5.41, 5.74) is 2.73. The van der Waals surface area contributed by atoms with Crippen molar-refractivity contribution >= 4 is 28.5 Å². The summed E-state index contributed by atoms with van der Waals surface area (Å²) < 4.78 is 10.8. The lowest BCUT2D eigenvalue weighted by molar-refractivity contribution is -0.111. The van der Waals surface area contributed by atoms with Crippen molar-refractivity contribution in [2.24, 2.45) is 0 Å². The van der Waals surface area contributed by atoms with Crippen LogP contribution in [0.3, 0.4) is 0 Å². The van der Waals surface area contributed by atoms with Crippen LogP contribution in [0.5, 0.6) is 11.5 Å². The Morgan fingerprint density at radius 3 is 2.52 bits per heavy atom. The predicted octanol–water partition coefficient (Wildman–Crippen LogP) is 5.65. The van der Waals surface area contributed by atoms with Gasteiger partial charge < -0.3 is 9.47 Å². The van der Waals surface area contributed by atoms with Crippen molar-refractivity contribution in [2.45, 2.75) is 19.8 Å². The number of nitrogens with one attached hydrogen (secondary N) is 1. The maximum Gasteiger partial charge on any atom is 0.250 e. The highest BCUT2D eigenvalue weighted by Gasteiger charge is 2.07. The van der Waals surface area contributed by atoms with Gasteiger partial charge in [0.1, 0.15) is 11.5 Å². The molecule has 0 aliphatic rings. The van der Waals surface area contributed by atoms with E-state index in [4.69, 9.17) is 9.47 Å². The molecule has 1 heterocycles. The zero-order chi connectivity index (χ0) is 20.5. The van der Waals surface area contributed by atoms with Gasteiger partial charge in [-0.15, -0.1) is 11.3 Å². The average molecular weight is 409 g/mol. The minimum atomic E-state index is -0.221. The van der Waals surface area contributed by atoms with Gasteiger partial charge in [-0.2, -0.15) is 0 Å². The second-order valence-electron chi connectivity index (χ2n) is 6.36. The number of carbonyl (C=O) groups excluding carboxylic acids is 1. The van der Waals surface area contributed by atoms with Gasteiger partial charge in [-0.25, -0.2) is 4.98 Å². The van der Waals surface area contributed by atoms with Crippen LogP contribution < -0.4 is 14.8 Å². The number of thiazole rings is 1. The van der Waals surface area contributed by atoms with Gasteiger partial charge in [0.05, 0.1) is 19.4 Å². The third-order valence-electron chi connectivity index (χ3n) is 4.19. The second kappa shape index (κ2) is 10.4. The number of aromatic nitrogens is 1. The van der Waals surface area contributed by atoms with E-state index < -0.39 is 0 Å². The monoisotopic (exact) mass is 408 g/mol. The smallest absolute Gasteiger partial charge is 0.250 e. The number of rotatable bonds is 9. The summed E-state index contributed by atoms with van der Waals surface area (Å²) in [6, 6.07) is 15.3. The Hall–Kier alpha value is -3.12. The van der Waals surface area contributed by atoms with Gasteiger partial charge in [0.15, 0.2) is 5.13 Å². The Kier molecular flexibility index (Phi) is 7.41. The quantitative estimate of drug-likeness (QED) is 0.367. The minimum Gasteiger partial charge on any atom is -0.497 e. The molecular weight excluding hydrogens is 384 g/mol. The van der Waals surface area contributed by atoms with Crippen LogP contribution >= 0.6 is 11.3 Å². The van der Waals surface area contributed by atoms with E-state index in [2.05, 4.69) is 17.2 Å². The first kappa shape index (κ1) is 20.6. The molecule has 0 spiro atoms. The molecular formula is C23H24N2O3S. The molecule has 5 nitrogen and oxygen atoms in total. The highest BCUT2D eigenvalue weighted by molar-refractivity contribution is 7.14. The Morgan fingerprint density at radius 2 is 1.83 bits per heavy atom. The van der Waals surface area contributed by atoms with Gasteiger partial charge >= 0.3 is 0 Å². The molecule has 0 radical (unpaired) electrons. The van der Waals surface area contributed by atoms with E-state index >= 15 is 0 Å². The number of unbranched alkanes of at least 4 members (excludes halogenated alkanes) is 1. The number of nitrogens with zero attached hydrogens (tertiary/aromatic N) is 1. The molecule has 0 aliphatic heterocycles. The van der Waals surface area contributed by atoms with Gasteiger partial charge in [0, 0.05) is 17.0 Å². The lowest BCUT2D eigenvalue weighted by atomic mass is 10.2. The lowest BCUT2D eigenvalue weighted by Crippen LogP contribution is -2.07. The number of carbonyl (C=O) groups is 1. The summed E-state index contributed by atoms with van der Waals surface area (Å²) in [4.78, 5) is 16.7. The fourth-order valence-corrected chi connectivity index (χ4v) is 3.28. The second-order valence-corrected chi connectivity index (χ2v) is 7.22. The van der Waals surface area contributed by atoms with Crippen molar-refractivity contribution in [2.75, 3.05) is 19.0 Å². The fraction of sp³-hybridized carbons (Fsp3) is 0.217. The zero-order valence-corrected chi connectivity index (χ0v) is 17.4. The third-order valence-corrected chi connectivity index (χ3v) is 4.95. The standard InChI is InChI=1S/C23H24N2O3S/c1-3-4-15-28-20-12-8-18(9-13-20)21-16-29-23(24-21)25-22(26)14-7-17-5-10-19(27-2)11-6-17/h5-14,16H,3-4,15H2,1-2H3,(H,24,25,26). The molecule has 2 aromatic carbocycles. The van der Waals surface area contributed by atoms with E-state index in [1.54, 1.807) is 13.2 Å². The molecule has 150 valence electrons. The number of methoxy groups -OCH3 is 1. The highest BCUT2D eigenvalue weighted by Crippen LogP contribution is 2.26. The molecule has 3 rings (SSSR count). The SMILES string of the molecule is CCCCOc1ccc(-c2csc(NC(=O)C=Cc3ccc(OC)cc3)n2)cc1. The average Bonchev–Trinajstić information content (AvgIpc) is 3.21. The Labute approximate surface area is 175 Å². The molecule has 1 N–H and O–H groups in total. The summed E-state index contributed by atoms with van der Waals surface area (Å²) in [6.45, 7) is 2.87. The Balaban J connectivity index is 1.56. The van der Waals surface area contributed by atoms with Crippen LogP contribution in [0.4, 0.5) is 5.13 Å². The molecule has 0 fully saturated rings. The first-order valence-electron chi connectivity index (χ1n) is 9.50. The van der Waals surface area contributed by atoms with Crippen LogP contribution in [0, 0.1) is 0 Å². The molecule has 1 amide bonds. The van der Waals surface area contributed by atoms with Gasteiger partial charge in [0.25, 0.3) is 0 Å². The van der Waals surface area contributed by atoms with Crippen LogP contribution in [0.25, 0.3) is 17.3 Å². The number of amides is 1.